The standard InChI is InChI=1S/C14H16N4O2/c1-10-8-12(14(19)20-10)16-13-5-7-18(17-13)9-11-4-2-3-6-15-11/h2-7,10,12H,8-9H2,1H3,(H,16,17). The van der Waals surface area contributed by atoms with Gasteiger partial charge in [0, 0.05) is 24.9 Å². The molecule has 1 aliphatic rings. The summed E-state index contributed by atoms with van der Waals surface area (Å²) in [6, 6.07) is 7.32. The SMILES string of the molecule is CC1CC(Nc2ccn(Cc3ccccn3)n2)C(=O)O1. The average Bonchev–Trinajstić information content (AvgIpc) is 2.98. The van der Waals surface area contributed by atoms with Crippen LogP contribution >= 0.6 is 0 Å². The Hall–Kier alpha value is -2.37. The average molecular weight is 272 g/mol. The summed E-state index contributed by atoms with van der Waals surface area (Å²) in [6.45, 7) is 2.49. The Morgan fingerprint density at radius 3 is 3.05 bits per heavy atom. The maximum absolute atomic E-state index is 11.6. The highest BCUT2D eigenvalue weighted by Crippen LogP contribution is 2.18. The maximum atomic E-state index is 11.6. The summed E-state index contributed by atoms with van der Waals surface area (Å²) >= 11 is 0. The first kappa shape index (κ1) is 12.7. The summed E-state index contributed by atoms with van der Waals surface area (Å²) < 4.78 is 6.89. The number of ether oxygens (including phenoxy) is 1. The maximum Gasteiger partial charge on any atom is 0.329 e. The largest absolute Gasteiger partial charge is 0.461 e. The van der Waals surface area contributed by atoms with Crippen molar-refractivity contribution >= 4 is 11.8 Å². The molecular weight excluding hydrogens is 256 g/mol. The van der Waals surface area contributed by atoms with E-state index in [4.69, 9.17) is 4.74 Å². The van der Waals surface area contributed by atoms with E-state index in [1.165, 1.54) is 0 Å². The zero-order chi connectivity index (χ0) is 13.9. The number of carbonyl (C=O) groups excluding carboxylic acids is 1. The van der Waals surface area contributed by atoms with E-state index in [2.05, 4.69) is 15.4 Å². The minimum atomic E-state index is -0.303. The second kappa shape index (κ2) is 5.32. The van der Waals surface area contributed by atoms with Crippen molar-refractivity contribution in [2.75, 3.05) is 5.32 Å². The van der Waals surface area contributed by atoms with E-state index >= 15 is 0 Å². The van der Waals surface area contributed by atoms with Crippen molar-refractivity contribution in [3.05, 3.63) is 42.4 Å². The number of anilines is 1. The molecule has 0 bridgehead atoms. The Morgan fingerprint density at radius 2 is 2.35 bits per heavy atom. The Kier molecular flexibility index (Phi) is 3.37. The van der Waals surface area contributed by atoms with E-state index in [0.29, 0.717) is 18.8 Å². The lowest BCUT2D eigenvalue weighted by molar-refractivity contribution is -0.141. The molecule has 20 heavy (non-hydrogen) atoms. The van der Waals surface area contributed by atoms with Crippen LogP contribution < -0.4 is 5.32 Å². The fraction of sp³-hybridized carbons (Fsp3) is 0.357. The van der Waals surface area contributed by atoms with Crippen LogP contribution in [-0.4, -0.2) is 32.9 Å². The van der Waals surface area contributed by atoms with Crippen LogP contribution in [0.5, 0.6) is 0 Å². The van der Waals surface area contributed by atoms with Crippen LogP contribution in [0.3, 0.4) is 0 Å². The van der Waals surface area contributed by atoms with Crippen LogP contribution in [0.25, 0.3) is 0 Å². The van der Waals surface area contributed by atoms with Crippen LogP contribution in [0.15, 0.2) is 36.7 Å². The zero-order valence-corrected chi connectivity index (χ0v) is 11.2. The quantitative estimate of drug-likeness (QED) is 0.853. The van der Waals surface area contributed by atoms with E-state index in [9.17, 15) is 4.79 Å². The number of nitrogens with zero attached hydrogens (tertiary/aromatic N) is 3. The van der Waals surface area contributed by atoms with Crippen LogP contribution in [0.2, 0.25) is 0 Å². The van der Waals surface area contributed by atoms with Gasteiger partial charge in [0.15, 0.2) is 0 Å². The Labute approximate surface area is 116 Å². The molecule has 0 saturated carbocycles. The molecule has 6 heteroatoms. The van der Waals surface area contributed by atoms with Crippen LogP contribution in [0, 0.1) is 0 Å². The van der Waals surface area contributed by atoms with Gasteiger partial charge in [-0.05, 0) is 19.1 Å². The smallest absolute Gasteiger partial charge is 0.329 e. The van der Waals surface area contributed by atoms with Crippen molar-refractivity contribution in [1.29, 1.82) is 0 Å². The zero-order valence-electron chi connectivity index (χ0n) is 11.2. The number of aromatic nitrogens is 3. The fourth-order valence-corrected chi connectivity index (χ4v) is 2.24. The topological polar surface area (TPSA) is 69.0 Å². The Bertz CT molecular complexity index is 596. The molecule has 1 fully saturated rings. The number of hydrogen-bond acceptors (Lipinski definition) is 5. The number of pyridine rings is 1. The minimum Gasteiger partial charge on any atom is -0.461 e. The molecule has 1 saturated heterocycles. The van der Waals surface area contributed by atoms with Gasteiger partial charge in [-0.15, -0.1) is 0 Å². The number of rotatable bonds is 4. The third-order valence-corrected chi connectivity index (χ3v) is 3.18. The number of esters is 1. The molecule has 0 amide bonds. The highest BCUT2D eigenvalue weighted by atomic mass is 16.6. The minimum absolute atomic E-state index is 0.0318. The van der Waals surface area contributed by atoms with Gasteiger partial charge in [-0.2, -0.15) is 5.10 Å². The third-order valence-electron chi connectivity index (χ3n) is 3.18. The van der Waals surface area contributed by atoms with Crippen molar-refractivity contribution in [1.82, 2.24) is 14.8 Å². The van der Waals surface area contributed by atoms with Gasteiger partial charge in [-0.3, -0.25) is 9.67 Å². The molecule has 1 N–H and O–H groups in total. The molecule has 0 aromatic carbocycles. The second-order valence-corrected chi connectivity index (χ2v) is 4.90. The molecule has 2 aromatic rings. The van der Waals surface area contributed by atoms with Crippen molar-refractivity contribution < 1.29 is 9.53 Å². The lowest BCUT2D eigenvalue weighted by Crippen LogP contribution is -2.24. The first-order chi connectivity index (χ1) is 9.70. The van der Waals surface area contributed by atoms with Crippen LogP contribution in [0.1, 0.15) is 19.0 Å². The van der Waals surface area contributed by atoms with Crippen LogP contribution in [-0.2, 0) is 16.1 Å². The lowest BCUT2D eigenvalue weighted by atomic mass is 10.2. The summed E-state index contributed by atoms with van der Waals surface area (Å²) in [5.74, 6) is 0.466. The van der Waals surface area contributed by atoms with Gasteiger partial charge in [-0.25, -0.2) is 4.79 Å². The van der Waals surface area contributed by atoms with Crippen molar-refractivity contribution in [2.24, 2.45) is 0 Å². The van der Waals surface area contributed by atoms with Crippen LogP contribution in [0.4, 0.5) is 5.82 Å². The summed E-state index contributed by atoms with van der Waals surface area (Å²) in [5.41, 5.74) is 0.941. The fourth-order valence-electron chi connectivity index (χ4n) is 2.24. The highest BCUT2D eigenvalue weighted by Gasteiger charge is 2.32. The normalized spacial score (nSPS) is 21.8. The Morgan fingerprint density at radius 1 is 1.45 bits per heavy atom. The van der Waals surface area contributed by atoms with Gasteiger partial charge in [0.2, 0.25) is 0 Å². The first-order valence-electron chi connectivity index (χ1n) is 6.61. The molecule has 0 radical (unpaired) electrons. The van der Waals surface area contributed by atoms with Gasteiger partial charge in [0.05, 0.1) is 12.2 Å². The monoisotopic (exact) mass is 272 g/mol. The summed E-state index contributed by atoms with van der Waals surface area (Å²) in [5, 5.41) is 7.49. The predicted molar refractivity (Wildman–Crippen MR) is 73.1 cm³/mol. The summed E-state index contributed by atoms with van der Waals surface area (Å²) in [6.07, 6.45) is 4.26. The number of cyclic esters (lactones) is 1. The van der Waals surface area contributed by atoms with E-state index in [1.807, 2.05) is 37.4 Å². The van der Waals surface area contributed by atoms with E-state index in [1.54, 1.807) is 10.9 Å². The summed E-state index contributed by atoms with van der Waals surface area (Å²) in [7, 11) is 0. The third kappa shape index (κ3) is 2.79. The molecule has 1 aliphatic heterocycles. The first-order valence-corrected chi connectivity index (χ1v) is 6.61. The van der Waals surface area contributed by atoms with Crippen molar-refractivity contribution in [2.45, 2.75) is 32.0 Å². The number of carbonyl (C=O) groups is 1. The van der Waals surface area contributed by atoms with E-state index in [0.717, 1.165) is 5.69 Å². The number of hydrogen-bond donors (Lipinski definition) is 1. The lowest BCUT2D eigenvalue weighted by Gasteiger charge is -2.06. The molecule has 3 rings (SSSR count). The molecular formula is C14H16N4O2. The summed E-state index contributed by atoms with van der Waals surface area (Å²) in [4.78, 5) is 15.8. The van der Waals surface area contributed by atoms with Gasteiger partial charge >= 0.3 is 5.97 Å². The highest BCUT2D eigenvalue weighted by molar-refractivity contribution is 5.80. The van der Waals surface area contributed by atoms with Gasteiger partial charge in [0.25, 0.3) is 0 Å². The van der Waals surface area contributed by atoms with Gasteiger partial charge in [0.1, 0.15) is 18.0 Å². The molecule has 3 heterocycles. The van der Waals surface area contributed by atoms with E-state index < -0.39 is 0 Å². The predicted octanol–water partition coefficient (Wildman–Crippen LogP) is 1.44. The van der Waals surface area contributed by atoms with Crippen molar-refractivity contribution in [3.63, 3.8) is 0 Å². The second-order valence-electron chi connectivity index (χ2n) is 4.90. The van der Waals surface area contributed by atoms with Gasteiger partial charge < -0.3 is 10.1 Å². The Balaban J connectivity index is 1.64. The molecule has 2 unspecified atom stereocenters. The van der Waals surface area contributed by atoms with E-state index in [-0.39, 0.29) is 18.1 Å². The molecule has 2 aromatic heterocycles. The van der Waals surface area contributed by atoms with Gasteiger partial charge in [-0.1, -0.05) is 6.07 Å². The number of nitrogens with one attached hydrogen (secondary N) is 1. The molecule has 0 spiro atoms. The molecule has 6 nitrogen and oxygen atoms in total. The van der Waals surface area contributed by atoms with Crippen molar-refractivity contribution in [3.8, 4) is 0 Å². The molecule has 104 valence electrons. The molecule has 2 atom stereocenters. The molecule has 0 aliphatic carbocycles.